The maximum absolute atomic E-state index is 12.9. The zero-order chi connectivity index (χ0) is 25.1. The molecule has 1 aromatic rings. The molecule has 3 amide bonds. The minimum Gasteiger partial charge on any atom is -0.396 e. The minimum atomic E-state index is -0.697. The molecule has 3 rings (SSSR count). The Morgan fingerprint density at radius 2 is 1.91 bits per heavy atom. The van der Waals surface area contributed by atoms with E-state index in [0.717, 1.165) is 10.6 Å². The van der Waals surface area contributed by atoms with Gasteiger partial charge in [0.1, 0.15) is 0 Å². The Hall–Kier alpha value is -1.69. The molecule has 0 aliphatic heterocycles. The summed E-state index contributed by atoms with van der Waals surface area (Å²) < 4.78 is 0. The fraction of sp³-hybridized carbons (Fsp3) is 0.739. The summed E-state index contributed by atoms with van der Waals surface area (Å²) in [6.45, 7) is 6.04. The maximum Gasteiger partial charge on any atom is 0.236 e. The molecule has 5 atom stereocenters. The molecular formula is C23H36N4O5S2. The van der Waals surface area contributed by atoms with E-state index in [9.17, 15) is 24.6 Å². The molecule has 190 valence electrons. The van der Waals surface area contributed by atoms with Crippen LogP contribution in [0.15, 0.2) is 0 Å². The van der Waals surface area contributed by atoms with Gasteiger partial charge in [-0.2, -0.15) is 11.8 Å². The highest BCUT2D eigenvalue weighted by atomic mass is 32.2. The van der Waals surface area contributed by atoms with Crippen molar-refractivity contribution in [1.82, 2.24) is 15.6 Å². The molecule has 0 radical (unpaired) electrons. The van der Waals surface area contributed by atoms with Crippen LogP contribution in [0.25, 0.3) is 0 Å². The number of amides is 3. The van der Waals surface area contributed by atoms with Crippen molar-refractivity contribution in [3.63, 3.8) is 0 Å². The van der Waals surface area contributed by atoms with Gasteiger partial charge in [-0.05, 0) is 36.9 Å². The van der Waals surface area contributed by atoms with Gasteiger partial charge in [-0.1, -0.05) is 13.8 Å². The quantitative estimate of drug-likeness (QED) is 0.316. The van der Waals surface area contributed by atoms with Crippen molar-refractivity contribution >= 4 is 46.0 Å². The van der Waals surface area contributed by atoms with Gasteiger partial charge in [0.15, 0.2) is 5.13 Å². The summed E-state index contributed by atoms with van der Waals surface area (Å²) in [5, 5.41) is 30.1. The van der Waals surface area contributed by atoms with Crippen LogP contribution in [0.4, 0.5) is 5.13 Å². The second-order valence-electron chi connectivity index (χ2n) is 9.88. The van der Waals surface area contributed by atoms with E-state index in [2.05, 4.69) is 22.9 Å². The molecule has 2 aliphatic rings. The van der Waals surface area contributed by atoms with Crippen LogP contribution in [0, 0.1) is 16.7 Å². The number of thioether (sulfide) groups is 1. The van der Waals surface area contributed by atoms with Crippen LogP contribution in [0.3, 0.4) is 0 Å². The number of aliphatic hydroxyl groups is 2. The fourth-order valence-corrected chi connectivity index (χ4v) is 7.10. The number of aliphatic hydroxyl groups excluding tert-OH is 2. The molecule has 0 aromatic carbocycles. The topological polar surface area (TPSA) is 141 Å². The van der Waals surface area contributed by atoms with E-state index in [1.165, 1.54) is 30.0 Å². The van der Waals surface area contributed by atoms with Crippen LogP contribution >= 0.6 is 23.1 Å². The highest BCUT2D eigenvalue weighted by Crippen LogP contribution is 2.62. The lowest BCUT2D eigenvalue weighted by molar-refractivity contribution is -0.144. The molecule has 9 nitrogen and oxygen atoms in total. The highest BCUT2D eigenvalue weighted by molar-refractivity contribution is 7.99. The smallest absolute Gasteiger partial charge is 0.236 e. The van der Waals surface area contributed by atoms with Crippen molar-refractivity contribution in [2.24, 2.45) is 16.7 Å². The van der Waals surface area contributed by atoms with Crippen molar-refractivity contribution in [2.45, 2.75) is 58.5 Å². The van der Waals surface area contributed by atoms with Crippen LogP contribution in [-0.2, 0) is 20.8 Å². The molecule has 5 N–H and O–H groups in total. The van der Waals surface area contributed by atoms with E-state index in [0.29, 0.717) is 43.2 Å². The second-order valence-corrected chi connectivity index (χ2v) is 11.8. The molecule has 0 spiro atoms. The van der Waals surface area contributed by atoms with E-state index in [1.807, 2.05) is 13.2 Å². The summed E-state index contributed by atoms with van der Waals surface area (Å²) in [6.07, 6.45) is 3.33. The van der Waals surface area contributed by atoms with Crippen molar-refractivity contribution < 1.29 is 24.6 Å². The molecule has 11 heteroatoms. The average Bonchev–Trinajstić information content (AvgIpc) is 3.17. The van der Waals surface area contributed by atoms with Crippen LogP contribution in [0.1, 0.15) is 56.5 Å². The SMILES string of the molecule is CSCC(=O)Nc1nc2c(s1)C[C@H]1[C@](C)(CO)[C@H](O)CC[C@@]1(C)[C@H]2CC(=O)NCCNC(C)=O. The van der Waals surface area contributed by atoms with Crippen LogP contribution in [-0.4, -0.2) is 70.7 Å². The highest BCUT2D eigenvalue weighted by Gasteiger charge is 2.59. The second kappa shape index (κ2) is 10.9. The summed E-state index contributed by atoms with van der Waals surface area (Å²) in [5.74, 6) is -0.342. The molecule has 1 fully saturated rings. The van der Waals surface area contributed by atoms with E-state index in [1.54, 1.807) is 0 Å². The normalized spacial score (nSPS) is 30.1. The fourth-order valence-electron chi connectivity index (χ4n) is 5.68. The Bertz CT molecular complexity index is 925. The van der Waals surface area contributed by atoms with Crippen LogP contribution in [0.2, 0.25) is 0 Å². The summed E-state index contributed by atoms with van der Waals surface area (Å²) in [6, 6.07) is 0. The number of carbonyl (C=O) groups excluding carboxylic acids is 3. The van der Waals surface area contributed by atoms with E-state index in [4.69, 9.17) is 4.98 Å². The van der Waals surface area contributed by atoms with E-state index >= 15 is 0 Å². The molecule has 34 heavy (non-hydrogen) atoms. The van der Waals surface area contributed by atoms with Gasteiger partial charge in [-0.25, -0.2) is 4.98 Å². The summed E-state index contributed by atoms with van der Waals surface area (Å²) in [4.78, 5) is 41.9. The lowest BCUT2D eigenvalue weighted by Gasteiger charge is -2.58. The Morgan fingerprint density at radius 3 is 2.56 bits per heavy atom. The number of anilines is 1. The Labute approximate surface area is 208 Å². The number of fused-ring (bicyclic) bond motifs is 2. The molecule has 1 saturated carbocycles. The van der Waals surface area contributed by atoms with E-state index in [-0.39, 0.29) is 48.0 Å². The van der Waals surface area contributed by atoms with Crippen molar-refractivity contribution in [3.8, 4) is 0 Å². The van der Waals surface area contributed by atoms with Gasteiger partial charge >= 0.3 is 0 Å². The molecule has 0 bridgehead atoms. The number of rotatable bonds is 9. The number of thiazole rings is 1. The Kier molecular flexibility index (Phi) is 8.65. The summed E-state index contributed by atoms with van der Waals surface area (Å²) in [5.41, 5.74) is -0.221. The first-order valence-corrected chi connectivity index (χ1v) is 13.8. The van der Waals surface area contributed by atoms with Crippen molar-refractivity contribution in [2.75, 3.05) is 37.0 Å². The maximum atomic E-state index is 12.9. The third-order valence-electron chi connectivity index (χ3n) is 7.63. The largest absolute Gasteiger partial charge is 0.396 e. The summed E-state index contributed by atoms with van der Waals surface area (Å²) in [7, 11) is 0. The zero-order valence-corrected chi connectivity index (χ0v) is 21.9. The predicted molar refractivity (Wildman–Crippen MR) is 134 cm³/mol. The molecule has 0 unspecified atom stereocenters. The van der Waals surface area contributed by atoms with Gasteiger partial charge in [0.05, 0.1) is 24.2 Å². The minimum absolute atomic E-state index is 0.0476. The van der Waals surface area contributed by atoms with Crippen molar-refractivity contribution in [3.05, 3.63) is 10.6 Å². The van der Waals surface area contributed by atoms with E-state index < -0.39 is 11.5 Å². The first kappa shape index (κ1) is 26.9. The number of carbonyl (C=O) groups is 3. The summed E-state index contributed by atoms with van der Waals surface area (Å²) >= 11 is 2.85. The Balaban J connectivity index is 1.91. The number of nitrogens with zero attached hydrogens (tertiary/aromatic N) is 1. The number of hydrogen-bond acceptors (Lipinski definition) is 8. The standard InChI is InChI=1S/C23H36N4O5S2/c1-13(29)24-7-8-25-18(31)9-14-20-15(34-21(27-20)26-19(32)11-33-4)10-16-22(14,2)6-5-17(30)23(16,3)12-28/h14,16-17,28,30H,5-12H2,1-4H3,(H,24,29)(H,25,31)(H,26,27,32)/t14-,16+,17+,22-,23-/m0/s1. The van der Waals surface area contributed by atoms with Gasteiger partial charge < -0.3 is 26.2 Å². The lowest BCUT2D eigenvalue weighted by Crippen LogP contribution is -2.57. The molecule has 0 saturated heterocycles. The first-order chi connectivity index (χ1) is 16.0. The average molecular weight is 513 g/mol. The van der Waals surface area contributed by atoms with Crippen LogP contribution < -0.4 is 16.0 Å². The number of aromatic nitrogens is 1. The van der Waals surface area contributed by atoms with Gasteiger partial charge in [-0.3, -0.25) is 14.4 Å². The monoisotopic (exact) mass is 512 g/mol. The van der Waals surface area contributed by atoms with Gasteiger partial charge in [0.2, 0.25) is 17.7 Å². The lowest BCUT2D eigenvalue weighted by atomic mass is 9.47. The molecular weight excluding hydrogens is 476 g/mol. The molecule has 1 heterocycles. The molecule has 2 aliphatic carbocycles. The van der Waals surface area contributed by atoms with Gasteiger partial charge in [0.25, 0.3) is 0 Å². The predicted octanol–water partition coefficient (Wildman–Crippen LogP) is 1.50. The third-order valence-corrected chi connectivity index (χ3v) is 9.19. The zero-order valence-electron chi connectivity index (χ0n) is 20.3. The number of hydrogen-bond donors (Lipinski definition) is 5. The molecule has 1 aromatic heterocycles. The third kappa shape index (κ3) is 5.42. The van der Waals surface area contributed by atoms with Gasteiger partial charge in [-0.15, -0.1) is 11.3 Å². The Morgan fingerprint density at radius 1 is 1.21 bits per heavy atom. The number of nitrogens with one attached hydrogen (secondary N) is 3. The van der Waals surface area contributed by atoms with Crippen LogP contribution in [0.5, 0.6) is 0 Å². The van der Waals surface area contributed by atoms with Gasteiger partial charge in [0, 0.05) is 42.6 Å². The first-order valence-electron chi connectivity index (χ1n) is 11.6. The van der Waals surface area contributed by atoms with Crippen molar-refractivity contribution in [1.29, 1.82) is 0 Å².